The van der Waals surface area contributed by atoms with E-state index in [4.69, 9.17) is 19.1 Å². The number of cyclic esters (lactones) is 1. The van der Waals surface area contributed by atoms with E-state index >= 15 is 0 Å². The van der Waals surface area contributed by atoms with Gasteiger partial charge in [-0.3, -0.25) is 14.5 Å². The topological polar surface area (TPSA) is 112 Å². The minimum Gasteiger partial charge on any atom is -0.448 e. The van der Waals surface area contributed by atoms with Gasteiger partial charge in [0.2, 0.25) is 12.0 Å². The molecule has 0 bridgehead atoms. The normalized spacial score (nSPS) is 24.4. The molecule has 0 aromatic carbocycles. The third-order valence-corrected chi connectivity index (χ3v) is 4.75. The minimum atomic E-state index is -1.19. The maximum absolute atomic E-state index is 12.5. The van der Waals surface area contributed by atoms with Crippen LogP contribution >= 0.6 is 11.3 Å². The fourth-order valence-corrected chi connectivity index (χ4v) is 3.44. The summed E-state index contributed by atoms with van der Waals surface area (Å²) < 4.78 is 9.72. The molecule has 1 aromatic rings. The van der Waals surface area contributed by atoms with Gasteiger partial charge in [-0.25, -0.2) is 14.4 Å². The Balaban J connectivity index is 0.00000261. The first-order valence-corrected chi connectivity index (χ1v) is 8.55. The fraction of sp³-hybridized carbons (Fsp3) is 0.467. The molecule has 27 heavy (non-hydrogen) atoms. The molecule has 3 unspecified atom stereocenters. The van der Waals surface area contributed by atoms with E-state index < -0.39 is 36.1 Å². The Morgan fingerprint density at radius 1 is 1.37 bits per heavy atom. The number of carbonyl (C=O) groups excluding carboxylic acids is 4. The number of hydrogen-bond acceptors (Lipinski definition) is 9. The van der Waals surface area contributed by atoms with E-state index in [2.05, 4.69) is 0 Å². The Bertz CT molecular complexity index is 727. The van der Waals surface area contributed by atoms with Gasteiger partial charge in [-0.05, 0) is 22.7 Å². The summed E-state index contributed by atoms with van der Waals surface area (Å²) in [6.45, 7) is 1.15. The third-order valence-electron chi connectivity index (χ3n) is 3.88. The molecule has 2 amide bonds. The van der Waals surface area contributed by atoms with E-state index in [1.54, 1.807) is 17.5 Å². The molecule has 0 saturated carbocycles. The molecule has 2 fully saturated rings. The van der Waals surface area contributed by atoms with Crippen LogP contribution in [0.1, 0.15) is 13.3 Å². The number of carbonyl (C=O) groups is 4. The minimum absolute atomic E-state index is 0. The van der Waals surface area contributed by atoms with Crippen LogP contribution in [0, 0.1) is 0 Å². The number of ether oxygens (including phenoxy) is 2. The Kier molecular flexibility index (Phi) is 7.37. The molecule has 3 heterocycles. The summed E-state index contributed by atoms with van der Waals surface area (Å²) >= 11 is 1.29. The van der Waals surface area contributed by atoms with Crippen LogP contribution in [0.5, 0.6) is 0 Å². The number of nitrogens with zero attached hydrogens (tertiary/aromatic N) is 2. The molecule has 0 aliphatic carbocycles. The molecule has 3 atom stereocenters. The zero-order chi connectivity index (χ0) is 18.8. The Morgan fingerprint density at radius 3 is 2.67 bits per heavy atom. The summed E-state index contributed by atoms with van der Waals surface area (Å²) in [6, 6.07) is 2.47. The molecule has 2 aliphatic rings. The smallest absolute Gasteiger partial charge is 0.448 e. The summed E-state index contributed by atoms with van der Waals surface area (Å²) in [4.78, 5) is 59.2. The number of amides is 2. The number of hydrogen-bond donors (Lipinski definition) is 0. The van der Waals surface area contributed by atoms with Crippen molar-refractivity contribution in [3.63, 3.8) is 0 Å². The average Bonchev–Trinajstić information content (AvgIpc) is 3.31. The van der Waals surface area contributed by atoms with Gasteiger partial charge in [0.25, 0.3) is 0 Å². The number of thiophene rings is 1. The summed E-state index contributed by atoms with van der Waals surface area (Å²) in [5.41, 5.74) is 0. The van der Waals surface area contributed by atoms with Crippen molar-refractivity contribution in [1.82, 2.24) is 5.23 Å². The standard InChI is InChI=1S/C15H16N2O8S.Na/c1-8(18)16(12-4-3-5-26-12)9-7-23-17(13(9)19)25-15(21)11-6-10(22-2)14(20)24-11;/h3-5,9-11H,6-7H2,1-2H3;/q;+1. The first kappa shape index (κ1) is 21.8. The van der Waals surface area contributed by atoms with Crippen molar-refractivity contribution >= 4 is 40.1 Å². The fourth-order valence-electron chi connectivity index (χ4n) is 2.62. The second-order valence-corrected chi connectivity index (χ2v) is 6.47. The van der Waals surface area contributed by atoms with E-state index in [-0.39, 0.29) is 48.5 Å². The quantitative estimate of drug-likeness (QED) is 0.376. The monoisotopic (exact) mass is 407 g/mol. The van der Waals surface area contributed by atoms with Gasteiger partial charge in [0.1, 0.15) is 12.6 Å². The van der Waals surface area contributed by atoms with Gasteiger partial charge in [0.05, 0.1) is 5.00 Å². The maximum atomic E-state index is 12.5. The van der Waals surface area contributed by atoms with E-state index in [9.17, 15) is 19.2 Å². The second-order valence-electron chi connectivity index (χ2n) is 5.54. The van der Waals surface area contributed by atoms with Gasteiger partial charge >= 0.3 is 47.4 Å². The van der Waals surface area contributed by atoms with Crippen LogP contribution in [0.2, 0.25) is 0 Å². The van der Waals surface area contributed by atoms with Crippen molar-refractivity contribution in [3.05, 3.63) is 17.5 Å². The molecule has 140 valence electrons. The van der Waals surface area contributed by atoms with Crippen molar-refractivity contribution in [2.45, 2.75) is 31.6 Å². The molecule has 0 radical (unpaired) electrons. The molecular formula is C15H16N2NaO8S+. The average molecular weight is 407 g/mol. The number of methoxy groups -OCH3 is 1. The predicted molar refractivity (Wildman–Crippen MR) is 85.5 cm³/mol. The molecule has 3 rings (SSSR count). The molecule has 2 saturated heterocycles. The molecule has 2 aliphatic heterocycles. The van der Waals surface area contributed by atoms with Crippen molar-refractivity contribution in [2.75, 3.05) is 18.6 Å². The van der Waals surface area contributed by atoms with E-state index in [1.165, 1.54) is 30.3 Å². The van der Waals surface area contributed by atoms with Gasteiger partial charge < -0.3 is 14.3 Å². The second kappa shape index (κ2) is 9.13. The predicted octanol–water partition coefficient (Wildman–Crippen LogP) is -2.96. The molecule has 12 heteroatoms. The van der Waals surface area contributed by atoms with Crippen LogP contribution in [0.4, 0.5) is 5.00 Å². The van der Waals surface area contributed by atoms with Crippen LogP contribution in [0.25, 0.3) is 0 Å². The van der Waals surface area contributed by atoms with Gasteiger partial charge in [0.15, 0.2) is 6.10 Å². The van der Waals surface area contributed by atoms with E-state index in [0.717, 1.165) is 0 Å². The first-order chi connectivity index (χ1) is 12.4. The molecule has 0 N–H and O–H groups in total. The molecular weight excluding hydrogens is 391 g/mol. The van der Waals surface area contributed by atoms with Crippen LogP contribution in [-0.4, -0.2) is 60.9 Å². The van der Waals surface area contributed by atoms with Crippen LogP contribution in [-0.2, 0) is 38.3 Å². The van der Waals surface area contributed by atoms with Gasteiger partial charge in [-0.2, -0.15) is 0 Å². The van der Waals surface area contributed by atoms with Crippen molar-refractivity contribution in [3.8, 4) is 0 Å². The first-order valence-electron chi connectivity index (χ1n) is 7.67. The van der Waals surface area contributed by atoms with Gasteiger partial charge in [-0.15, -0.1) is 11.3 Å². The zero-order valence-electron chi connectivity index (χ0n) is 14.9. The SMILES string of the molecule is COC1CC(C(=O)ON2OCC(N(C(C)=O)c3cccs3)C2=O)OC1=O.[Na+]. The van der Waals surface area contributed by atoms with Gasteiger partial charge in [-0.1, -0.05) is 0 Å². The molecule has 10 nitrogen and oxygen atoms in total. The van der Waals surface area contributed by atoms with Crippen LogP contribution in [0.3, 0.4) is 0 Å². The largest absolute Gasteiger partial charge is 1.00 e. The molecule has 0 spiro atoms. The summed E-state index contributed by atoms with van der Waals surface area (Å²) in [5, 5.41) is 2.76. The molecule has 1 aromatic heterocycles. The Labute approximate surface area is 180 Å². The van der Waals surface area contributed by atoms with Gasteiger partial charge in [0, 0.05) is 20.5 Å². The Morgan fingerprint density at radius 2 is 2.11 bits per heavy atom. The van der Waals surface area contributed by atoms with E-state index in [0.29, 0.717) is 10.2 Å². The van der Waals surface area contributed by atoms with E-state index in [1.807, 2.05) is 0 Å². The maximum Gasteiger partial charge on any atom is 1.00 e. The van der Waals surface area contributed by atoms with Crippen LogP contribution < -0.4 is 34.5 Å². The number of esters is 1. The number of anilines is 1. The van der Waals surface area contributed by atoms with Crippen molar-refractivity contribution in [2.24, 2.45) is 0 Å². The van der Waals surface area contributed by atoms with Crippen molar-refractivity contribution < 1.29 is 67.9 Å². The summed E-state index contributed by atoms with van der Waals surface area (Å²) in [5.74, 6) is -2.70. The summed E-state index contributed by atoms with van der Waals surface area (Å²) in [7, 11) is 1.32. The number of hydroxylamine groups is 2. The zero-order valence-corrected chi connectivity index (χ0v) is 17.8. The Hall–Kier alpha value is -1.50. The number of rotatable bonds is 5. The van der Waals surface area contributed by atoms with Crippen LogP contribution in [0.15, 0.2) is 17.5 Å². The van der Waals surface area contributed by atoms with Crippen molar-refractivity contribution in [1.29, 1.82) is 0 Å². The summed E-state index contributed by atoms with van der Waals surface area (Å²) in [6.07, 6.45) is -2.07. The third kappa shape index (κ3) is 4.50.